The van der Waals surface area contributed by atoms with Crippen LogP contribution in [-0.2, 0) is 39.1 Å². The van der Waals surface area contributed by atoms with Crippen molar-refractivity contribution in [2.75, 3.05) is 40.1 Å². The molecule has 1 aliphatic carbocycles. The van der Waals surface area contributed by atoms with Gasteiger partial charge in [-0.2, -0.15) is 4.98 Å². The molecule has 0 bridgehead atoms. The number of halogens is 2. The van der Waals surface area contributed by atoms with Gasteiger partial charge in [-0.15, -0.1) is 0 Å². The fourth-order valence-electron chi connectivity index (χ4n) is 7.77. The van der Waals surface area contributed by atoms with Gasteiger partial charge in [-0.1, -0.05) is 65.7 Å². The lowest BCUT2D eigenvalue weighted by atomic mass is 9.94. The van der Waals surface area contributed by atoms with Crippen LogP contribution < -0.4 is 29.6 Å². The van der Waals surface area contributed by atoms with Crippen LogP contribution in [0, 0.1) is 5.92 Å². The largest absolute Gasteiger partial charge is 0.481 e. The van der Waals surface area contributed by atoms with Gasteiger partial charge in [-0.25, -0.2) is 13.4 Å². The van der Waals surface area contributed by atoms with Crippen LogP contribution in [0.1, 0.15) is 54.0 Å². The Balaban J connectivity index is 1.05. The van der Waals surface area contributed by atoms with Gasteiger partial charge in [0.2, 0.25) is 39.5 Å². The van der Waals surface area contributed by atoms with Crippen molar-refractivity contribution in [3.05, 3.63) is 86.9 Å². The number of nitrogens with one attached hydrogen (secondary N) is 3. The van der Waals surface area contributed by atoms with Gasteiger partial charge in [0.05, 0.1) is 37.1 Å². The van der Waals surface area contributed by atoms with Crippen LogP contribution in [0.25, 0.3) is 22.4 Å². The van der Waals surface area contributed by atoms with Gasteiger partial charge in [0.15, 0.2) is 0 Å². The van der Waals surface area contributed by atoms with Gasteiger partial charge in [0.1, 0.15) is 11.1 Å². The summed E-state index contributed by atoms with van der Waals surface area (Å²) < 4.78 is 43.0. The van der Waals surface area contributed by atoms with E-state index in [2.05, 4.69) is 32.5 Å². The second-order valence-electron chi connectivity index (χ2n) is 14.4. The number of likely N-dealkylation sites (tertiary alicyclic amines) is 1. The minimum absolute atomic E-state index is 0.0923. The Labute approximate surface area is 336 Å². The van der Waals surface area contributed by atoms with E-state index in [1.807, 2.05) is 41.3 Å². The molecule has 3 aliphatic rings. The smallest absolute Gasteiger partial charge is 0.237 e. The molecule has 3 atom stereocenters. The molecule has 2 aliphatic heterocycles. The summed E-state index contributed by atoms with van der Waals surface area (Å²) >= 11 is 14.0. The van der Waals surface area contributed by atoms with Gasteiger partial charge in [-0.3, -0.25) is 19.2 Å². The highest BCUT2D eigenvalue weighted by atomic mass is 35.5. The van der Waals surface area contributed by atoms with Crippen molar-refractivity contribution < 1.29 is 32.2 Å². The second-order valence-corrected chi connectivity index (χ2v) is 16.9. The molecule has 4 heterocycles. The van der Waals surface area contributed by atoms with Crippen molar-refractivity contribution in [3.8, 4) is 40.0 Å². The number of aromatic nitrogens is 2. The van der Waals surface area contributed by atoms with Gasteiger partial charge >= 0.3 is 0 Å². The molecule has 0 saturated carbocycles. The summed E-state index contributed by atoms with van der Waals surface area (Å²) in [6.45, 7) is 2.63. The van der Waals surface area contributed by atoms with E-state index < -0.39 is 21.8 Å². The normalized spacial score (nSPS) is 19.4. The maximum atomic E-state index is 12.4. The van der Waals surface area contributed by atoms with Crippen molar-refractivity contribution in [1.29, 1.82) is 0 Å². The predicted molar refractivity (Wildman–Crippen MR) is 213 cm³/mol. The zero-order valence-corrected chi connectivity index (χ0v) is 33.7. The van der Waals surface area contributed by atoms with Crippen molar-refractivity contribution in [1.82, 2.24) is 30.2 Å². The fraction of sp³-hybridized carbons (Fsp3) is 0.400. The van der Waals surface area contributed by atoms with E-state index in [1.54, 1.807) is 13.2 Å². The number of methoxy groups -OCH3 is 2. The zero-order valence-electron chi connectivity index (χ0n) is 31.4. The lowest BCUT2D eigenvalue weighted by molar-refractivity contribution is -0.123. The van der Waals surface area contributed by atoms with E-state index in [0.717, 1.165) is 58.0 Å². The standard InChI is InChI=1S/C40H44Cl2N6O7S/c1-53-38-23(19-43-20-26-11-15-35(49)44-26)10-13-33(45-38)31-9-5-8-30(36(31)42)27-6-4-7-29-28(27)12-14-34(29)55-40-32(41)18-25(39(46-40)54-2)22-48-17-16-24(21-48)37(50)47-56(3,51)52/h4-10,13,18,24,26,34,43H,11-12,14-17,19-22H2,1-3H3,(H,44,49)(H,47,50)/t24-,26+,34+/m1/s1. The molecule has 0 unspecified atom stereocenters. The number of hydrogen-bond donors (Lipinski definition) is 3. The highest BCUT2D eigenvalue weighted by Gasteiger charge is 2.32. The third-order valence-corrected chi connectivity index (χ3v) is 11.7. The molecule has 3 N–H and O–H groups in total. The average Bonchev–Trinajstić information content (AvgIpc) is 3.92. The first-order chi connectivity index (χ1) is 26.9. The molecule has 16 heteroatoms. The molecule has 0 radical (unpaired) electrons. The fourth-order valence-corrected chi connectivity index (χ4v) is 8.84. The van der Waals surface area contributed by atoms with Crippen molar-refractivity contribution in [2.24, 2.45) is 5.92 Å². The third-order valence-electron chi connectivity index (χ3n) is 10.5. The maximum absolute atomic E-state index is 12.4. The van der Waals surface area contributed by atoms with E-state index >= 15 is 0 Å². The Morgan fingerprint density at radius 1 is 0.929 bits per heavy atom. The molecule has 2 fully saturated rings. The number of pyridine rings is 2. The molecule has 296 valence electrons. The zero-order chi connectivity index (χ0) is 39.6. The number of benzene rings is 2. The molecule has 4 aromatic rings. The number of carbonyl (C=O) groups is 2. The summed E-state index contributed by atoms with van der Waals surface area (Å²) in [6.07, 6.45) is 4.05. The van der Waals surface area contributed by atoms with Crippen LogP contribution in [0.4, 0.5) is 0 Å². The minimum atomic E-state index is -3.63. The number of sulfonamides is 1. The van der Waals surface area contributed by atoms with Crippen LogP contribution in [-0.4, -0.2) is 81.3 Å². The number of ether oxygens (including phenoxy) is 3. The van der Waals surface area contributed by atoms with Crippen LogP contribution in [0.15, 0.2) is 54.6 Å². The molecule has 56 heavy (non-hydrogen) atoms. The number of nitrogens with zero attached hydrogens (tertiary/aromatic N) is 3. The number of carbonyl (C=O) groups excluding carboxylic acids is 2. The molecule has 2 saturated heterocycles. The Morgan fingerprint density at radius 3 is 2.43 bits per heavy atom. The Hall–Kier alpha value is -4.47. The maximum Gasteiger partial charge on any atom is 0.237 e. The van der Waals surface area contributed by atoms with E-state index in [1.165, 1.54) is 7.11 Å². The number of rotatable bonds is 14. The van der Waals surface area contributed by atoms with E-state index in [4.69, 9.17) is 42.4 Å². The first kappa shape index (κ1) is 39.8. The SMILES string of the molecule is COc1nc(-c2cccc(-c3cccc4c3CC[C@@H]4Oc3nc(OC)c(CN4CC[C@@H](C(=O)NS(C)(=O)=O)C4)cc3Cl)c2Cl)ccc1CNC[C@@H]1CCC(=O)N1. The van der Waals surface area contributed by atoms with Crippen LogP contribution in [0.5, 0.6) is 17.6 Å². The van der Waals surface area contributed by atoms with Crippen molar-refractivity contribution in [3.63, 3.8) is 0 Å². The Morgan fingerprint density at radius 2 is 1.68 bits per heavy atom. The number of fused-ring (bicyclic) bond motifs is 1. The van der Waals surface area contributed by atoms with Crippen molar-refractivity contribution in [2.45, 2.75) is 57.3 Å². The molecular formula is C40H44Cl2N6O7S. The monoisotopic (exact) mass is 822 g/mol. The van der Waals surface area contributed by atoms with Crippen LogP contribution in [0.2, 0.25) is 10.0 Å². The van der Waals surface area contributed by atoms with Crippen molar-refractivity contribution >= 4 is 45.0 Å². The highest BCUT2D eigenvalue weighted by molar-refractivity contribution is 7.89. The highest BCUT2D eigenvalue weighted by Crippen LogP contribution is 2.45. The average molecular weight is 824 g/mol. The topological polar surface area (TPSA) is 161 Å². The molecule has 2 aromatic carbocycles. The second kappa shape index (κ2) is 16.9. The minimum Gasteiger partial charge on any atom is -0.481 e. The van der Waals surface area contributed by atoms with Crippen LogP contribution >= 0.6 is 23.2 Å². The third kappa shape index (κ3) is 8.89. The molecule has 7 rings (SSSR count). The Bertz CT molecular complexity index is 2260. The Kier molecular flexibility index (Phi) is 12.0. The van der Waals surface area contributed by atoms with Gasteiger partial charge in [0, 0.05) is 60.9 Å². The molecule has 2 amide bonds. The molecule has 0 spiro atoms. The summed E-state index contributed by atoms with van der Waals surface area (Å²) in [5.41, 5.74) is 7.14. The summed E-state index contributed by atoms with van der Waals surface area (Å²) in [6, 6.07) is 17.9. The summed E-state index contributed by atoms with van der Waals surface area (Å²) in [4.78, 5) is 35.5. The van der Waals surface area contributed by atoms with E-state index in [9.17, 15) is 18.0 Å². The first-order valence-electron chi connectivity index (χ1n) is 18.5. The first-order valence-corrected chi connectivity index (χ1v) is 21.1. The molecule has 2 aromatic heterocycles. The molecule has 13 nitrogen and oxygen atoms in total. The van der Waals surface area contributed by atoms with Gasteiger partial charge in [-0.05, 0) is 61.1 Å². The van der Waals surface area contributed by atoms with E-state index in [0.29, 0.717) is 79.5 Å². The summed E-state index contributed by atoms with van der Waals surface area (Å²) in [5, 5.41) is 7.28. The lowest BCUT2D eigenvalue weighted by Crippen LogP contribution is -2.36. The number of hydrogen-bond acceptors (Lipinski definition) is 11. The van der Waals surface area contributed by atoms with Gasteiger partial charge in [0.25, 0.3) is 0 Å². The number of amides is 2. The summed E-state index contributed by atoms with van der Waals surface area (Å²) in [7, 11) is -0.497. The predicted octanol–water partition coefficient (Wildman–Crippen LogP) is 5.47. The lowest BCUT2D eigenvalue weighted by Gasteiger charge is -2.20. The van der Waals surface area contributed by atoms with Crippen LogP contribution in [0.3, 0.4) is 0 Å². The van der Waals surface area contributed by atoms with Gasteiger partial charge < -0.3 is 24.8 Å². The summed E-state index contributed by atoms with van der Waals surface area (Å²) in [5.74, 6) is 0.271. The quantitative estimate of drug-likeness (QED) is 0.148. The van der Waals surface area contributed by atoms with E-state index in [-0.39, 0.29) is 23.9 Å². The molecular weight excluding hydrogens is 779 g/mol.